The maximum atomic E-state index is 12.1. The molecular formula is C27H34N2O4S. The zero-order valence-electron chi connectivity index (χ0n) is 19.9. The van der Waals surface area contributed by atoms with Crippen LogP contribution in [0, 0.1) is 18.8 Å². The van der Waals surface area contributed by atoms with Gasteiger partial charge in [0.25, 0.3) is 0 Å². The molecule has 0 saturated carbocycles. The van der Waals surface area contributed by atoms with E-state index < -0.39 is 12.1 Å². The highest BCUT2D eigenvalue weighted by molar-refractivity contribution is 7.11. The summed E-state index contributed by atoms with van der Waals surface area (Å²) in [7, 11) is 1.62. The number of nitrogens with zero attached hydrogens (tertiary/aromatic N) is 2. The number of aliphatic hydroxyl groups is 1. The molecule has 0 aliphatic carbocycles. The van der Waals surface area contributed by atoms with Crippen LogP contribution < -0.4 is 4.74 Å². The number of carboxylic acids is 1. The number of pyridine rings is 1. The first-order valence-corrected chi connectivity index (χ1v) is 12.9. The summed E-state index contributed by atoms with van der Waals surface area (Å²) in [5.74, 6) is -0.316. The minimum absolute atomic E-state index is 0.0750. The highest BCUT2D eigenvalue weighted by Gasteiger charge is 2.34. The van der Waals surface area contributed by atoms with E-state index in [1.165, 1.54) is 9.75 Å². The first-order valence-electron chi connectivity index (χ1n) is 12.1. The zero-order valence-corrected chi connectivity index (χ0v) is 20.8. The van der Waals surface area contributed by atoms with Gasteiger partial charge in [-0.2, -0.15) is 0 Å². The Bertz CT molecular complexity index is 1110. The monoisotopic (exact) mass is 482 g/mol. The molecule has 1 saturated heterocycles. The number of methoxy groups -OCH3 is 1. The van der Waals surface area contributed by atoms with E-state index in [2.05, 4.69) is 28.9 Å². The Morgan fingerprint density at radius 1 is 1.29 bits per heavy atom. The molecule has 1 unspecified atom stereocenters. The standard InChI is InChI=1S/C27H34N2O4S/c1-18-5-8-21(34-18)4-3-14-29-15-12-19(24(17-29)27(31)32)6-10-26(30)22-11-13-28-25-9-7-20(33-2)16-23(22)25/h5,7-9,11,13,16,19,24,26,30H,3-4,6,10,12,14-15,17H2,1-2H3,(H,31,32)/t19-,24+,26?/m1/s1. The SMILES string of the molecule is COc1ccc2nccc(C(O)CC[C@@H]3CCN(CCCc4ccc(C)s4)C[C@@H]3C(=O)O)c2c1. The van der Waals surface area contributed by atoms with Crippen molar-refractivity contribution in [1.29, 1.82) is 0 Å². The van der Waals surface area contributed by atoms with Crippen LogP contribution >= 0.6 is 11.3 Å². The van der Waals surface area contributed by atoms with Gasteiger partial charge in [-0.1, -0.05) is 0 Å². The average molecular weight is 483 g/mol. The zero-order chi connectivity index (χ0) is 24.1. The van der Waals surface area contributed by atoms with Crippen LogP contribution in [0.1, 0.15) is 47.1 Å². The number of carboxylic acid groups (broad SMARTS) is 1. The number of likely N-dealkylation sites (tertiary alicyclic amines) is 1. The number of aromatic nitrogens is 1. The number of fused-ring (bicyclic) bond motifs is 1. The fourth-order valence-corrected chi connectivity index (χ4v) is 6.02. The molecule has 1 fully saturated rings. The molecule has 1 aromatic carbocycles. The molecule has 0 radical (unpaired) electrons. The van der Waals surface area contributed by atoms with Crippen LogP contribution in [-0.4, -0.2) is 52.8 Å². The minimum Gasteiger partial charge on any atom is -0.497 e. The molecule has 3 atom stereocenters. The van der Waals surface area contributed by atoms with Gasteiger partial charge >= 0.3 is 5.97 Å². The second-order valence-corrected chi connectivity index (χ2v) is 10.7. The molecule has 1 aliphatic heterocycles. The maximum Gasteiger partial charge on any atom is 0.308 e. The van der Waals surface area contributed by atoms with E-state index in [4.69, 9.17) is 4.74 Å². The van der Waals surface area contributed by atoms with Gasteiger partial charge in [-0.3, -0.25) is 9.78 Å². The highest BCUT2D eigenvalue weighted by Crippen LogP contribution is 2.34. The molecular weight excluding hydrogens is 448 g/mol. The topological polar surface area (TPSA) is 82.9 Å². The van der Waals surface area contributed by atoms with Crippen LogP contribution in [0.3, 0.4) is 0 Å². The number of hydrogen-bond acceptors (Lipinski definition) is 6. The Balaban J connectivity index is 1.33. The predicted octanol–water partition coefficient (Wildman–Crippen LogP) is 5.08. The van der Waals surface area contributed by atoms with Crippen LogP contribution in [0.5, 0.6) is 5.75 Å². The Morgan fingerprint density at radius 2 is 2.15 bits per heavy atom. The van der Waals surface area contributed by atoms with E-state index in [1.54, 1.807) is 13.3 Å². The van der Waals surface area contributed by atoms with Gasteiger partial charge in [0.15, 0.2) is 0 Å². The second kappa shape index (κ2) is 11.3. The Kier molecular flexibility index (Phi) is 8.19. The third kappa shape index (κ3) is 5.95. The fourth-order valence-electron chi connectivity index (χ4n) is 5.08. The number of piperidine rings is 1. The number of benzene rings is 1. The molecule has 1 aliphatic rings. The predicted molar refractivity (Wildman–Crippen MR) is 136 cm³/mol. The fraction of sp³-hybridized carbons (Fsp3) is 0.481. The molecule has 0 amide bonds. The number of aryl methyl sites for hydroxylation is 2. The number of ether oxygens (including phenoxy) is 1. The lowest BCUT2D eigenvalue weighted by Gasteiger charge is -2.37. The van der Waals surface area contributed by atoms with Gasteiger partial charge in [0.2, 0.25) is 0 Å². The van der Waals surface area contributed by atoms with E-state index >= 15 is 0 Å². The van der Waals surface area contributed by atoms with Crippen molar-refractivity contribution in [3.8, 4) is 5.75 Å². The van der Waals surface area contributed by atoms with Crippen LogP contribution in [-0.2, 0) is 11.2 Å². The number of aliphatic hydroxyl groups excluding tert-OH is 1. The molecule has 4 rings (SSSR count). The highest BCUT2D eigenvalue weighted by atomic mass is 32.1. The van der Waals surface area contributed by atoms with E-state index in [1.807, 2.05) is 35.6 Å². The molecule has 0 bridgehead atoms. The second-order valence-electron chi connectivity index (χ2n) is 9.29. The van der Waals surface area contributed by atoms with Gasteiger partial charge in [0.1, 0.15) is 5.75 Å². The van der Waals surface area contributed by atoms with Crippen molar-refractivity contribution in [1.82, 2.24) is 9.88 Å². The summed E-state index contributed by atoms with van der Waals surface area (Å²) in [6.07, 6.45) is 5.22. The molecule has 0 spiro atoms. The Hall–Kier alpha value is -2.48. The summed E-state index contributed by atoms with van der Waals surface area (Å²) in [4.78, 5) is 21.5. The summed E-state index contributed by atoms with van der Waals surface area (Å²) in [5.41, 5.74) is 1.63. The molecule has 6 nitrogen and oxygen atoms in total. The van der Waals surface area contributed by atoms with Crippen LogP contribution in [0.15, 0.2) is 42.6 Å². The number of aliphatic carboxylic acids is 1. The van der Waals surface area contributed by atoms with Gasteiger partial charge in [-0.15, -0.1) is 11.3 Å². The van der Waals surface area contributed by atoms with Crippen molar-refractivity contribution >= 4 is 28.2 Å². The summed E-state index contributed by atoms with van der Waals surface area (Å²) in [6, 6.07) is 11.8. The lowest BCUT2D eigenvalue weighted by molar-refractivity contribution is -0.146. The largest absolute Gasteiger partial charge is 0.497 e. The van der Waals surface area contributed by atoms with Crippen molar-refractivity contribution in [3.05, 3.63) is 57.9 Å². The van der Waals surface area contributed by atoms with Gasteiger partial charge in [-0.25, -0.2) is 0 Å². The average Bonchev–Trinajstić information content (AvgIpc) is 3.26. The van der Waals surface area contributed by atoms with E-state index in [9.17, 15) is 15.0 Å². The van der Waals surface area contributed by atoms with Crippen molar-refractivity contribution in [2.24, 2.45) is 11.8 Å². The molecule has 182 valence electrons. The Morgan fingerprint density at radius 3 is 2.88 bits per heavy atom. The number of hydrogen-bond donors (Lipinski definition) is 2. The van der Waals surface area contributed by atoms with Crippen LogP contribution in [0.2, 0.25) is 0 Å². The normalized spacial score (nSPS) is 19.9. The molecule has 2 N–H and O–H groups in total. The molecule has 3 heterocycles. The molecule has 2 aromatic heterocycles. The third-order valence-corrected chi connectivity index (χ3v) is 8.06. The molecule has 7 heteroatoms. The van der Waals surface area contributed by atoms with Gasteiger partial charge < -0.3 is 19.8 Å². The third-order valence-electron chi connectivity index (χ3n) is 7.00. The summed E-state index contributed by atoms with van der Waals surface area (Å²) in [5, 5.41) is 21.8. The lowest BCUT2D eigenvalue weighted by atomic mass is 9.81. The van der Waals surface area contributed by atoms with Crippen molar-refractivity contribution in [2.75, 3.05) is 26.7 Å². The molecule has 3 aromatic rings. The van der Waals surface area contributed by atoms with Crippen LogP contribution in [0.25, 0.3) is 10.9 Å². The molecule has 34 heavy (non-hydrogen) atoms. The number of carbonyl (C=O) groups is 1. The first-order chi connectivity index (χ1) is 16.4. The van der Waals surface area contributed by atoms with E-state index in [-0.39, 0.29) is 11.8 Å². The lowest BCUT2D eigenvalue weighted by Crippen LogP contribution is -2.44. The van der Waals surface area contributed by atoms with Gasteiger partial charge in [0, 0.05) is 27.9 Å². The smallest absolute Gasteiger partial charge is 0.308 e. The van der Waals surface area contributed by atoms with Crippen molar-refractivity contribution in [2.45, 2.75) is 45.1 Å². The van der Waals surface area contributed by atoms with Crippen LogP contribution in [0.4, 0.5) is 0 Å². The number of thiophene rings is 1. The Labute approximate surface area is 205 Å². The van der Waals surface area contributed by atoms with Gasteiger partial charge in [0.05, 0.1) is 24.6 Å². The van der Waals surface area contributed by atoms with Crippen molar-refractivity contribution < 1.29 is 19.7 Å². The first kappa shape index (κ1) is 24.6. The minimum atomic E-state index is -0.725. The maximum absolute atomic E-state index is 12.1. The summed E-state index contributed by atoms with van der Waals surface area (Å²) in [6.45, 7) is 4.57. The quantitative estimate of drug-likeness (QED) is 0.419. The van der Waals surface area contributed by atoms with E-state index in [0.717, 1.165) is 54.6 Å². The van der Waals surface area contributed by atoms with Gasteiger partial charge in [-0.05, 0) is 100.0 Å². The van der Waals surface area contributed by atoms with E-state index in [0.29, 0.717) is 19.4 Å². The summed E-state index contributed by atoms with van der Waals surface area (Å²) < 4.78 is 5.34. The van der Waals surface area contributed by atoms with Crippen molar-refractivity contribution in [3.63, 3.8) is 0 Å². The number of rotatable bonds is 10. The summed E-state index contributed by atoms with van der Waals surface area (Å²) >= 11 is 1.84.